The lowest BCUT2D eigenvalue weighted by molar-refractivity contribution is 0.0765. The molecular weight excluding hydrogens is 367 g/mol. The number of aromatic amines is 1. The Labute approximate surface area is 154 Å². The molecule has 0 radical (unpaired) electrons. The van der Waals surface area contributed by atoms with Gasteiger partial charge in [0.2, 0.25) is 5.88 Å². The SMILES string of the molecule is CN(C)/C=N/c1cc(Cl)c(Oc2cc(C(C)(C)O)c(=O)[nH]n2)c(Cl)c1. The summed E-state index contributed by atoms with van der Waals surface area (Å²) >= 11 is 12.4. The highest BCUT2D eigenvalue weighted by atomic mass is 35.5. The van der Waals surface area contributed by atoms with Crippen LogP contribution in [0.4, 0.5) is 5.69 Å². The van der Waals surface area contributed by atoms with Crippen LogP contribution in [-0.2, 0) is 5.60 Å². The van der Waals surface area contributed by atoms with E-state index in [0.717, 1.165) is 0 Å². The molecule has 25 heavy (non-hydrogen) atoms. The Morgan fingerprint density at radius 1 is 1.28 bits per heavy atom. The lowest BCUT2D eigenvalue weighted by Gasteiger charge is -2.17. The van der Waals surface area contributed by atoms with E-state index in [1.807, 2.05) is 14.1 Å². The lowest BCUT2D eigenvalue weighted by Crippen LogP contribution is -2.27. The summed E-state index contributed by atoms with van der Waals surface area (Å²) in [5, 5.41) is 16.6. The zero-order valence-electron chi connectivity index (χ0n) is 14.2. The van der Waals surface area contributed by atoms with E-state index in [-0.39, 0.29) is 27.2 Å². The fourth-order valence-electron chi connectivity index (χ4n) is 1.90. The number of rotatable bonds is 5. The highest BCUT2D eigenvalue weighted by Gasteiger charge is 2.22. The molecule has 0 unspecified atom stereocenters. The zero-order valence-corrected chi connectivity index (χ0v) is 15.7. The van der Waals surface area contributed by atoms with Crippen LogP contribution in [-0.4, -0.2) is 40.6 Å². The van der Waals surface area contributed by atoms with E-state index in [9.17, 15) is 9.90 Å². The first-order chi connectivity index (χ1) is 11.6. The van der Waals surface area contributed by atoms with Gasteiger partial charge in [-0.3, -0.25) is 4.79 Å². The van der Waals surface area contributed by atoms with Crippen LogP contribution in [0.3, 0.4) is 0 Å². The van der Waals surface area contributed by atoms with E-state index in [1.165, 1.54) is 19.9 Å². The predicted molar refractivity (Wildman–Crippen MR) is 98.5 cm³/mol. The molecule has 2 N–H and O–H groups in total. The van der Waals surface area contributed by atoms with Crippen LogP contribution < -0.4 is 10.3 Å². The van der Waals surface area contributed by atoms with Gasteiger partial charge in [-0.25, -0.2) is 10.1 Å². The van der Waals surface area contributed by atoms with Crippen molar-refractivity contribution in [2.24, 2.45) is 4.99 Å². The number of nitrogens with zero attached hydrogens (tertiary/aromatic N) is 3. The molecular formula is C16H18Cl2N4O3. The van der Waals surface area contributed by atoms with Crippen molar-refractivity contribution in [3.05, 3.63) is 44.2 Å². The average molecular weight is 385 g/mol. The number of aliphatic hydroxyl groups is 1. The van der Waals surface area contributed by atoms with Gasteiger partial charge in [0.25, 0.3) is 5.56 Å². The third kappa shape index (κ3) is 4.94. The first kappa shape index (κ1) is 19.2. The topological polar surface area (TPSA) is 90.8 Å². The van der Waals surface area contributed by atoms with Crippen LogP contribution in [0.25, 0.3) is 0 Å². The van der Waals surface area contributed by atoms with Gasteiger partial charge in [-0.15, -0.1) is 5.10 Å². The van der Waals surface area contributed by atoms with Crippen molar-refractivity contribution >= 4 is 35.2 Å². The minimum Gasteiger partial charge on any atom is -0.434 e. The lowest BCUT2D eigenvalue weighted by atomic mass is 10.0. The molecule has 0 spiro atoms. The summed E-state index contributed by atoms with van der Waals surface area (Å²) < 4.78 is 5.59. The third-order valence-electron chi connectivity index (χ3n) is 3.07. The summed E-state index contributed by atoms with van der Waals surface area (Å²) in [4.78, 5) is 17.8. The number of aliphatic imine (C=N–C) groups is 1. The van der Waals surface area contributed by atoms with Crippen molar-refractivity contribution in [1.29, 1.82) is 0 Å². The number of halogens is 2. The zero-order chi connectivity index (χ0) is 18.8. The number of hydrogen-bond donors (Lipinski definition) is 2. The molecule has 7 nitrogen and oxygen atoms in total. The van der Waals surface area contributed by atoms with Gasteiger partial charge in [0.05, 0.1) is 33.2 Å². The summed E-state index contributed by atoms with van der Waals surface area (Å²) in [5.41, 5.74) is -1.20. The van der Waals surface area contributed by atoms with Crippen LogP contribution >= 0.6 is 23.2 Å². The third-order valence-corrected chi connectivity index (χ3v) is 3.63. The molecule has 0 amide bonds. The van der Waals surface area contributed by atoms with Crippen LogP contribution in [0.1, 0.15) is 19.4 Å². The number of aromatic nitrogens is 2. The second-order valence-corrected chi connectivity index (χ2v) is 6.87. The summed E-state index contributed by atoms with van der Waals surface area (Å²) in [6.45, 7) is 2.97. The van der Waals surface area contributed by atoms with Crippen LogP contribution in [0.15, 0.2) is 28.0 Å². The Kier molecular flexibility index (Phi) is 5.72. The molecule has 1 aromatic heterocycles. The number of hydrogen-bond acceptors (Lipinski definition) is 5. The van der Waals surface area contributed by atoms with Crippen LogP contribution in [0.5, 0.6) is 11.6 Å². The minimum absolute atomic E-state index is 0.0464. The molecule has 0 aliphatic heterocycles. The molecule has 1 heterocycles. The van der Waals surface area contributed by atoms with Crippen LogP contribution in [0.2, 0.25) is 10.0 Å². The normalized spacial score (nSPS) is 11.8. The fraction of sp³-hybridized carbons (Fsp3) is 0.312. The molecule has 0 bridgehead atoms. The summed E-state index contributed by atoms with van der Waals surface area (Å²) in [6.07, 6.45) is 1.61. The van der Waals surface area contributed by atoms with Crippen molar-refractivity contribution < 1.29 is 9.84 Å². The standard InChI is InChI=1S/C16H18Cl2N4O3/c1-16(2,24)10-7-13(20-21-15(10)23)25-14-11(17)5-9(6-12(14)18)19-8-22(3)4/h5-8,24H,1-4H3,(H,21,23)/b19-8+. The largest absolute Gasteiger partial charge is 0.434 e. The van der Waals surface area contributed by atoms with Crippen molar-refractivity contribution in [2.45, 2.75) is 19.4 Å². The molecule has 134 valence electrons. The van der Waals surface area contributed by atoms with E-state index < -0.39 is 11.2 Å². The maximum absolute atomic E-state index is 11.8. The predicted octanol–water partition coefficient (Wildman–Crippen LogP) is 3.32. The van der Waals surface area contributed by atoms with Crippen molar-refractivity contribution in [1.82, 2.24) is 15.1 Å². The van der Waals surface area contributed by atoms with Gasteiger partial charge in [0.15, 0.2) is 5.75 Å². The molecule has 0 saturated carbocycles. The van der Waals surface area contributed by atoms with Crippen molar-refractivity contribution in [2.75, 3.05) is 14.1 Å². The van der Waals surface area contributed by atoms with E-state index in [2.05, 4.69) is 15.2 Å². The Morgan fingerprint density at radius 3 is 2.40 bits per heavy atom. The van der Waals surface area contributed by atoms with Gasteiger partial charge in [-0.05, 0) is 26.0 Å². The number of benzene rings is 1. The highest BCUT2D eigenvalue weighted by molar-refractivity contribution is 6.37. The van der Waals surface area contributed by atoms with Crippen molar-refractivity contribution in [3.63, 3.8) is 0 Å². The molecule has 0 saturated heterocycles. The van der Waals surface area contributed by atoms with E-state index in [0.29, 0.717) is 5.69 Å². The van der Waals surface area contributed by atoms with E-state index in [1.54, 1.807) is 23.4 Å². The second kappa shape index (κ2) is 7.43. The fourth-order valence-corrected chi connectivity index (χ4v) is 2.45. The Balaban J connectivity index is 2.37. The maximum Gasteiger partial charge on any atom is 0.270 e. The van der Waals surface area contributed by atoms with Gasteiger partial charge in [0, 0.05) is 20.2 Å². The van der Waals surface area contributed by atoms with Gasteiger partial charge in [0.1, 0.15) is 0 Å². The molecule has 2 aromatic rings. The summed E-state index contributed by atoms with van der Waals surface area (Å²) in [5.74, 6) is 0.221. The van der Waals surface area contributed by atoms with Gasteiger partial charge < -0.3 is 14.7 Å². The Hall–Kier alpha value is -2.09. The van der Waals surface area contributed by atoms with Gasteiger partial charge in [-0.2, -0.15) is 0 Å². The number of nitrogens with one attached hydrogen (secondary N) is 1. The molecule has 0 aliphatic rings. The van der Waals surface area contributed by atoms with E-state index >= 15 is 0 Å². The second-order valence-electron chi connectivity index (χ2n) is 6.06. The monoisotopic (exact) mass is 384 g/mol. The number of ether oxygens (including phenoxy) is 1. The van der Waals surface area contributed by atoms with Gasteiger partial charge >= 0.3 is 0 Å². The summed E-state index contributed by atoms with van der Waals surface area (Å²) in [7, 11) is 3.68. The molecule has 9 heteroatoms. The van der Waals surface area contributed by atoms with Crippen molar-refractivity contribution in [3.8, 4) is 11.6 Å². The summed E-state index contributed by atoms with van der Waals surface area (Å²) in [6, 6.07) is 4.51. The molecule has 0 fully saturated rings. The van der Waals surface area contributed by atoms with Crippen LogP contribution in [0, 0.1) is 0 Å². The average Bonchev–Trinajstić information content (AvgIpc) is 2.49. The first-order valence-electron chi connectivity index (χ1n) is 7.28. The Bertz CT molecular complexity index is 834. The first-order valence-corrected chi connectivity index (χ1v) is 8.03. The maximum atomic E-state index is 11.8. The quantitative estimate of drug-likeness (QED) is 0.609. The number of H-pyrrole nitrogens is 1. The molecule has 1 aromatic carbocycles. The molecule has 0 aliphatic carbocycles. The van der Waals surface area contributed by atoms with E-state index in [4.69, 9.17) is 27.9 Å². The Morgan fingerprint density at radius 2 is 1.88 bits per heavy atom. The minimum atomic E-state index is -1.35. The highest BCUT2D eigenvalue weighted by Crippen LogP contribution is 2.39. The smallest absolute Gasteiger partial charge is 0.270 e. The van der Waals surface area contributed by atoms with Gasteiger partial charge in [-0.1, -0.05) is 23.2 Å². The molecule has 2 rings (SSSR count). The molecule has 0 atom stereocenters.